The third-order valence-corrected chi connectivity index (χ3v) is 6.35. The fourth-order valence-electron chi connectivity index (χ4n) is 4.70. The van der Waals surface area contributed by atoms with Crippen molar-refractivity contribution in [2.45, 2.75) is 43.9 Å². The van der Waals surface area contributed by atoms with Crippen LogP contribution in [0.5, 0.6) is 11.5 Å². The van der Waals surface area contributed by atoms with Gasteiger partial charge in [0.15, 0.2) is 11.5 Å². The maximum Gasteiger partial charge on any atom is 0.162 e. The van der Waals surface area contributed by atoms with Gasteiger partial charge in [-0.2, -0.15) is 0 Å². The second kappa shape index (κ2) is 8.89. The molecule has 0 bridgehead atoms. The molecule has 2 aliphatic rings. The number of nitrogens with zero attached hydrogens (tertiary/aromatic N) is 2. The first-order chi connectivity index (χ1) is 14.5. The number of methoxy groups -OCH3 is 1. The van der Waals surface area contributed by atoms with Crippen molar-refractivity contribution >= 4 is 0 Å². The number of piperidine rings is 1. The van der Waals surface area contributed by atoms with E-state index in [2.05, 4.69) is 22.9 Å². The maximum absolute atomic E-state index is 9.36. The van der Waals surface area contributed by atoms with Gasteiger partial charge in [0.2, 0.25) is 0 Å². The molecule has 0 amide bonds. The smallest absolute Gasteiger partial charge is 0.162 e. The molecule has 4 N–H and O–H groups in total. The maximum atomic E-state index is 9.36. The molecular weight excluding hydrogens is 382 g/mol. The van der Waals surface area contributed by atoms with E-state index in [4.69, 9.17) is 15.2 Å². The summed E-state index contributed by atoms with van der Waals surface area (Å²) in [6.45, 7) is 3.41. The SMILES string of the molecule is COc1cc2c(cc1OC(CO)CO)CCN1C[C@@H](c3cc(C)ccn3)[C@H](N)C[C@H]21. The van der Waals surface area contributed by atoms with Crippen molar-refractivity contribution in [3.05, 3.63) is 52.8 Å². The third-order valence-electron chi connectivity index (χ3n) is 6.35. The lowest BCUT2D eigenvalue weighted by molar-refractivity contribution is 0.0605. The summed E-state index contributed by atoms with van der Waals surface area (Å²) in [5, 5.41) is 18.7. The molecule has 162 valence electrons. The van der Waals surface area contributed by atoms with E-state index >= 15 is 0 Å². The molecule has 0 unspecified atom stereocenters. The summed E-state index contributed by atoms with van der Waals surface area (Å²) in [7, 11) is 1.61. The van der Waals surface area contributed by atoms with Crippen LogP contribution in [0, 0.1) is 6.92 Å². The molecule has 1 fully saturated rings. The number of fused-ring (bicyclic) bond motifs is 3. The molecule has 30 heavy (non-hydrogen) atoms. The van der Waals surface area contributed by atoms with E-state index in [1.165, 1.54) is 16.7 Å². The normalized spacial score (nSPS) is 23.7. The average molecular weight is 414 g/mol. The summed E-state index contributed by atoms with van der Waals surface area (Å²) in [6, 6.07) is 8.45. The Bertz CT molecular complexity index is 887. The summed E-state index contributed by atoms with van der Waals surface area (Å²) in [5.41, 5.74) is 11.4. The monoisotopic (exact) mass is 413 g/mol. The Hall–Kier alpha value is -2.19. The molecule has 2 aliphatic heterocycles. The van der Waals surface area contributed by atoms with Crippen LogP contribution in [-0.4, -0.2) is 65.7 Å². The number of ether oxygens (including phenoxy) is 2. The standard InChI is InChI=1S/C23H31N3O4/c1-14-3-5-25-20(7-14)18-11-26-6-4-15-8-23(30-16(12-27)13-28)22(29-2)9-17(15)21(26)10-19(18)24/h3,5,7-9,16,18-19,21,27-28H,4,6,10-13,24H2,1-2H3/t18-,19-,21-/m1/s1. The molecule has 1 aromatic carbocycles. The van der Waals surface area contributed by atoms with Gasteiger partial charge in [-0.3, -0.25) is 9.88 Å². The van der Waals surface area contributed by atoms with E-state index in [-0.39, 0.29) is 31.2 Å². The van der Waals surface area contributed by atoms with E-state index in [1.54, 1.807) is 7.11 Å². The number of pyridine rings is 1. The molecule has 7 nitrogen and oxygen atoms in total. The topological polar surface area (TPSA) is 101 Å². The van der Waals surface area contributed by atoms with Gasteiger partial charge in [-0.1, -0.05) is 0 Å². The zero-order valence-corrected chi connectivity index (χ0v) is 17.6. The minimum atomic E-state index is -0.664. The van der Waals surface area contributed by atoms with Crippen molar-refractivity contribution in [2.75, 3.05) is 33.4 Å². The molecule has 2 aromatic rings. The van der Waals surface area contributed by atoms with Crippen LogP contribution in [0.1, 0.15) is 40.8 Å². The summed E-state index contributed by atoms with van der Waals surface area (Å²) in [6.07, 6.45) is 2.96. The Morgan fingerprint density at radius 2 is 2.03 bits per heavy atom. The van der Waals surface area contributed by atoms with Gasteiger partial charge in [0.25, 0.3) is 0 Å². The van der Waals surface area contributed by atoms with E-state index in [0.29, 0.717) is 11.5 Å². The minimum absolute atomic E-state index is 0.0292. The van der Waals surface area contributed by atoms with Crippen LogP contribution in [0.2, 0.25) is 0 Å². The van der Waals surface area contributed by atoms with Crippen LogP contribution >= 0.6 is 0 Å². The molecule has 4 rings (SSSR count). The van der Waals surface area contributed by atoms with E-state index in [1.807, 2.05) is 24.4 Å². The van der Waals surface area contributed by atoms with Crippen molar-refractivity contribution in [3.8, 4) is 11.5 Å². The number of aryl methyl sites for hydroxylation is 1. The van der Waals surface area contributed by atoms with Crippen molar-refractivity contribution in [2.24, 2.45) is 5.73 Å². The van der Waals surface area contributed by atoms with Crippen LogP contribution in [0.4, 0.5) is 0 Å². The first-order valence-corrected chi connectivity index (χ1v) is 10.5. The lowest BCUT2D eigenvalue weighted by Gasteiger charge is -2.46. The highest BCUT2D eigenvalue weighted by Crippen LogP contribution is 2.44. The van der Waals surface area contributed by atoms with Crippen LogP contribution in [0.3, 0.4) is 0 Å². The molecule has 7 heteroatoms. The number of rotatable bonds is 6. The Kier molecular flexibility index (Phi) is 6.24. The van der Waals surface area contributed by atoms with Gasteiger partial charge in [-0.15, -0.1) is 0 Å². The van der Waals surface area contributed by atoms with Gasteiger partial charge in [0.05, 0.1) is 20.3 Å². The Labute approximate surface area is 177 Å². The average Bonchev–Trinajstić information content (AvgIpc) is 2.76. The molecule has 0 spiro atoms. The van der Waals surface area contributed by atoms with Crippen molar-refractivity contribution in [1.29, 1.82) is 0 Å². The number of aliphatic hydroxyl groups excluding tert-OH is 2. The molecule has 0 radical (unpaired) electrons. The Morgan fingerprint density at radius 3 is 2.73 bits per heavy atom. The number of hydrogen-bond donors (Lipinski definition) is 3. The zero-order chi connectivity index (χ0) is 21.3. The summed E-state index contributed by atoms with van der Waals surface area (Å²) in [5.74, 6) is 1.39. The predicted molar refractivity (Wildman–Crippen MR) is 114 cm³/mol. The summed E-state index contributed by atoms with van der Waals surface area (Å²) >= 11 is 0. The molecule has 0 saturated carbocycles. The minimum Gasteiger partial charge on any atom is -0.493 e. The van der Waals surface area contributed by atoms with Crippen LogP contribution in [0.15, 0.2) is 30.5 Å². The quantitative estimate of drug-likeness (QED) is 0.660. The van der Waals surface area contributed by atoms with Gasteiger partial charge in [0, 0.05) is 43.0 Å². The van der Waals surface area contributed by atoms with Crippen molar-refractivity contribution in [1.82, 2.24) is 9.88 Å². The first kappa shape index (κ1) is 21.1. The number of hydrogen-bond acceptors (Lipinski definition) is 7. The van der Waals surface area contributed by atoms with Crippen molar-refractivity contribution < 1.29 is 19.7 Å². The Balaban J connectivity index is 1.60. The predicted octanol–water partition coefficient (Wildman–Crippen LogP) is 1.54. The lowest BCUT2D eigenvalue weighted by Crippen LogP contribution is -2.50. The van der Waals surface area contributed by atoms with E-state index < -0.39 is 6.10 Å². The van der Waals surface area contributed by atoms with Crippen LogP contribution < -0.4 is 15.2 Å². The van der Waals surface area contributed by atoms with E-state index in [0.717, 1.165) is 31.6 Å². The molecule has 1 saturated heterocycles. The van der Waals surface area contributed by atoms with Crippen molar-refractivity contribution in [3.63, 3.8) is 0 Å². The molecule has 3 heterocycles. The van der Waals surface area contributed by atoms with Gasteiger partial charge in [-0.05, 0) is 60.7 Å². The number of benzene rings is 1. The van der Waals surface area contributed by atoms with Gasteiger partial charge < -0.3 is 25.4 Å². The fourth-order valence-corrected chi connectivity index (χ4v) is 4.70. The largest absolute Gasteiger partial charge is 0.493 e. The highest BCUT2D eigenvalue weighted by molar-refractivity contribution is 5.50. The number of aliphatic hydroxyl groups is 2. The molecule has 3 atom stereocenters. The third kappa shape index (κ3) is 4.03. The summed E-state index contributed by atoms with van der Waals surface area (Å²) < 4.78 is 11.3. The van der Waals surface area contributed by atoms with Gasteiger partial charge in [-0.25, -0.2) is 0 Å². The van der Waals surface area contributed by atoms with Gasteiger partial charge in [0.1, 0.15) is 6.10 Å². The molecular formula is C23H31N3O4. The van der Waals surface area contributed by atoms with Crippen LogP contribution in [-0.2, 0) is 6.42 Å². The molecule has 0 aliphatic carbocycles. The van der Waals surface area contributed by atoms with Gasteiger partial charge >= 0.3 is 0 Å². The fraction of sp³-hybridized carbons (Fsp3) is 0.522. The number of nitrogens with two attached hydrogens (primary N) is 1. The second-order valence-electron chi connectivity index (χ2n) is 8.33. The molecule has 1 aromatic heterocycles. The second-order valence-corrected chi connectivity index (χ2v) is 8.33. The van der Waals surface area contributed by atoms with E-state index in [9.17, 15) is 10.2 Å². The first-order valence-electron chi connectivity index (χ1n) is 10.5. The zero-order valence-electron chi connectivity index (χ0n) is 17.6. The highest BCUT2D eigenvalue weighted by Gasteiger charge is 2.39. The highest BCUT2D eigenvalue weighted by atomic mass is 16.5. The lowest BCUT2D eigenvalue weighted by atomic mass is 9.79. The number of aromatic nitrogens is 1. The Morgan fingerprint density at radius 1 is 1.23 bits per heavy atom. The van der Waals surface area contributed by atoms with Crippen LogP contribution in [0.25, 0.3) is 0 Å². The summed E-state index contributed by atoms with van der Waals surface area (Å²) in [4.78, 5) is 7.10.